The first-order chi connectivity index (χ1) is 8.95. The van der Waals surface area contributed by atoms with Crippen LogP contribution in [0.3, 0.4) is 0 Å². The Kier molecular flexibility index (Phi) is 8.02. The quantitative estimate of drug-likeness (QED) is 0.892. The van der Waals surface area contributed by atoms with Crippen LogP contribution in [0.5, 0.6) is 0 Å². The van der Waals surface area contributed by atoms with E-state index < -0.39 is 10.8 Å². The second kappa shape index (κ2) is 8.66. The van der Waals surface area contributed by atoms with Gasteiger partial charge in [-0.05, 0) is 23.8 Å². The lowest BCUT2D eigenvalue weighted by atomic mass is 10.2. The second-order valence-corrected chi connectivity index (χ2v) is 5.15. The lowest BCUT2D eigenvalue weighted by Crippen LogP contribution is -2.27. The molecule has 0 radical (unpaired) electrons. The van der Waals surface area contributed by atoms with Crippen LogP contribution >= 0.6 is 0 Å². The summed E-state index contributed by atoms with van der Waals surface area (Å²) in [5, 5.41) is 2.71. The number of benzene rings is 1. The van der Waals surface area contributed by atoms with E-state index in [-0.39, 0.29) is 6.03 Å². The first-order valence-electron chi connectivity index (χ1n) is 6.10. The number of hydrogen-bond acceptors (Lipinski definition) is 3. The van der Waals surface area contributed by atoms with Gasteiger partial charge in [-0.1, -0.05) is 13.8 Å². The highest BCUT2D eigenvalue weighted by atomic mass is 32.2. The van der Waals surface area contributed by atoms with Crippen LogP contribution in [0.4, 0.5) is 10.5 Å². The van der Waals surface area contributed by atoms with Crippen LogP contribution in [-0.2, 0) is 17.3 Å². The average molecular weight is 285 g/mol. The Labute approximate surface area is 117 Å². The molecule has 1 unspecified atom stereocenters. The summed E-state index contributed by atoms with van der Waals surface area (Å²) < 4.78 is 11.4. The lowest BCUT2D eigenvalue weighted by molar-refractivity contribution is 0.230. The van der Waals surface area contributed by atoms with Crippen molar-refractivity contribution in [2.75, 3.05) is 25.7 Å². The Morgan fingerprint density at radius 1 is 1.37 bits per heavy atom. The number of nitrogens with two attached hydrogens (primary N) is 1. The van der Waals surface area contributed by atoms with Crippen molar-refractivity contribution in [1.29, 1.82) is 0 Å². The van der Waals surface area contributed by atoms with Gasteiger partial charge in [-0.15, -0.1) is 0 Å². The molecule has 0 fully saturated rings. The van der Waals surface area contributed by atoms with Crippen LogP contribution in [0.25, 0.3) is 0 Å². The molecule has 0 aliphatic heterocycles. The van der Waals surface area contributed by atoms with E-state index in [1.54, 1.807) is 38.6 Å². The summed E-state index contributed by atoms with van der Waals surface area (Å²) in [5.41, 5.74) is 7.02. The maximum absolute atomic E-state index is 11.5. The predicted molar refractivity (Wildman–Crippen MR) is 80.7 cm³/mol. The zero-order chi connectivity index (χ0) is 15.0. The molecule has 0 saturated heterocycles. The molecule has 2 amide bonds. The minimum absolute atomic E-state index is 0.210. The Morgan fingerprint density at radius 3 is 2.37 bits per heavy atom. The Hall–Kier alpha value is -1.40. The van der Waals surface area contributed by atoms with Crippen LogP contribution in [-0.4, -0.2) is 35.5 Å². The predicted octanol–water partition coefficient (Wildman–Crippen LogP) is 2.00. The largest absolute Gasteiger partial charge is 0.331 e. The van der Waals surface area contributed by atoms with Gasteiger partial charge in [-0.3, -0.25) is 4.21 Å². The summed E-state index contributed by atoms with van der Waals surface area (Å²) in [6.07, 6.45) is 1.60. The first kappa shape index (κ1) is 17.6. The molecular formula is C13H23N3O2S. The third-order valence-electron chi connectivity index (χ3n) is 2.25. The molecule has 0 aliphatic carbocycles. The van der Waals surface area contributed by atoms with Crippen molar-refractivity contribution < 1.29 is 9.00 Å². The van der Waals surface area contributed by atoms with Crippen LogP contribution in [0.2, 0.25) is 0 Å². The van der Waals surface area contributed by atoms with Crippen LogP contribution < -0.4 is 11.1 Å². The van der Waals surface area contributed by atoms with Crippen molar-refractivity contribution in [2.24, 2.45) is 5.73 Å². The van der Waals surface area contributed by atoms with Gasteiger partial charge in [0, 0.05) is 37.5 Å². The Morgan fingerprint density at radius 2 is 1.95 bits per heavy atom. The number of nitrogens with one attached hydrogen (secondary N) is 1. The summed E-state index contributed by atoms with van der Waals surface area (Å²) >= 11 is 0. The third-order valence-corrected chi connectivity index (χ3v) is 3.27. The van der Waals surface area contributed by atoms with Crippen molar-refractivity contribution in [3.63, 3.8) is 0 Å². The van der Waals surface area contributed by atoms with Crippen LogP contribution in [0, 0.1) is 0 Å². The molecule has 1 aromatic carbocycles. The fourth-order valence-corrected chi connectivity index (χ4v) is 2.10. The summed E-state index contributed by atoms with van der Waals surface area (Å²) in [6.45, 7) is 4.29. The fourth-order valence-electron chi connectivity index (χ4n) is 1.33. The molecule has 1 rings (SSSR count). The maximum Gasteiger partial charge on any atom is 0.321 e. The van der Waals surface area contributed by atoms with Gasteiger partial charge in [-0.2, -0.15) is 0 Å². The molecule has 0 aliphatic rings. The molecule has 1 atom stereocenters. The van der Waals surface area contributed by atoms with Gasteiger partial charge in [0.2, 0.25) is 0 Å². The monoisotopic (exact) mass is 285 g/mol. The molecule has 0 saturated carbocycles. The summed E-state index contributed by atoms with van der Waals surface area (Å²) in [4.78, 5) is 13.6. The van der Waals surface area contributed by atoms with E-state index in [1.807, 2.05) is 13.8 Å². The van der Waals surface area contributed by atoms with Gasteiger partial charge in [0.15, 0.2) is 0 Å². The van der Waals surface area contributed by atoms with Crippen molar-refractivity contribution >= 4 is 22.5 Å². The van der Waals surface area contributed by atoms with Gasteiger partial charge in [0.1, 0.15) is 0 Å². The minimum atomic E-state index is -1.07. The highest BCUT2D eigenvalue weighted by Gasteiger charge is 2.08. The van der Waals surface area contributed by atoms with Crippen molar-refractivity contribution in [2.45, 2.75) is 25.3 Å². The number of carbonyl (C=O) groups excluding carboxylic acids is 1. The van der Waals surface area contributed by atoms with Crippen molar-refractivity contribution in [3.8, 4) is 0 Å². The summed E-state index contributed by atoms with van der Waals surface area (Å²) in [5.74, 6) is 0. The molecule has 0 aromatic heterocycles. The van der Waals surface area contributed by atoms with E-state index in [1.165, 1.54) is 4.90 Å². The molecule has 6 heteroatoms. The minimum Gasteiger partial charge on any atom is -0.331 e. The van der Waals surface area contributed by atoms with Gasteiger partial charge in [0.05, 0.1) is 10.8 Å². The number of rotatable bonds is 3. The lowest BCUT2D eigenvalue weighted by Gasteiger charge is -2.13. The normalized spacial score (nSPS) is 11.1. The molecule has 0 heterocycles. The number of urea groups is 1. The molecular weight excluding hydrogens is 262 g/mol. The van der Waals surface area contributed by atoms with E-state index >= 15 is 0 Å². The van der Waals surface area contributed by atoms with Gasteiger partial charge in [-0.25, -0.2) is 4.79 Å². The third kappa shape index (κ3) is 5.40. The topological polar surface area (TPSA) is 75.4 Å². The first-order valence-corrected chi connectivity index (χ1v) is 7.66. The molecule has 108 valence electrons. The average Bonchev–Trinajstić information content (AvgIpc) is 2.40. The number of carbonyl (C=O) groups is 1. The smallest absolute Gasteiger partial charge is 0.321 e. The van der Waals surface area contributed by atoms with E-state index in [4.69, 9.17) is 5.73 Å². The highest BCUT2D eigenvalue weighted by Crippen LogP contribution is 2.18. The fraction of sp³-hybridized carbons (Fsp3) is 0.462. The Balaban J connectivity index is 0.00000154. The Bertz CT molecular complexity index is 448. The second-order valence-electron chi connectivity index (χ2n) is 3.81. The van der Waals surface area contributed by atoms with Gasteiger partial charge in [0.25, 0.3) is 0 Å². The van der Waals surface area contributed by atoms with Gasteiger partial charge < -0.3 is 16.0 Å². The molecule has 19 heavy (non-hydrogen) atoms. The van der Waals surface area contributed by atoms with Crippen molar-refractivity contribution in [1.82, 2.24) is 4.90 Å². The van der Waals surface area contributed by atoms with Crippen LogP contribution in [0.1, 0.15) is 19.4 Å². The zero-order valence-corrected chi connectivity index (χ0v) is 13.0. The number of amides is 2. The molecule has 0 spiro atoms. The van der Waals surface area contributed by atoms with E-state index in [0.29, 0.717) is 17.1 Å². The molecule has 5 nitrogen and oxygen atoms in total. The standard InChI is InChI=1S/C11H17N3O2S.C2H6/c1-14(2)11(15)13-9-4-5-10(17(3)16)8(6-9)7-12;1-2/h4-6H,7,12H2,1-3H3,(H,13,15);1-2H3. The molecule has 3 N–H and O–H groups in total. The van der Waals surface area contributed by atoms with Crippen LogP contribution in [0.15, 0.2) is 23.1 Å². The highest BCUT2D eigenvalue weighted by molar-refractivity contribution is 7.84. The van der Waals surface area contributed by atoms with E-state index in [2.05, 4.69) is 5.32 Å². The number of nitrogens with zero attached hydrogens (tertiary/aromatic N) is 1. The number of hydrogen-bond donors (Lipinski definition) is 2. The number of anilines is 1. The van der Waals surface area contributed by atoms with E-state index in [9.17, 15) is 9.00 Å². The SMILES string of the molecule is CC.CN(C)C(=O)Nc1ccc(S(C)=O)c(CN)c1. The van der Waals surface area contributed by atoms with Crippen molar-refractivity contribution in [3.05, 3.63) is 23.8 Å². The molecule has 0 bridgehead atoms. The summed E-state index contributed by atoms with van der Waals surface area (Å²) in [7, 11) is 2.25. The molecule has 1 aromatic rings. The van der Waals surface area contributed by atoms with Gasteiger partial charge >= 0.3 is 6.03 Å². The maximum atomic E-state index is 11.5. The zero-order valence-electron chi connectivity index (χ0n) is 12.2. The van der Waals surface area contributed by atoms with E-state index in [0.717, 1.165) is 5.56 Å². The summed E-state index contributed by atoms with van der Waals surface area (Å²) in [6, 6.07) is 4.98.